The van der Waals surface area contributed by atoms with Crippen LogP contribution in [0.5, 0.6) is 0 Å². The van der Waals surface area contributed by atoms with Crippen LogP contribution in [-0.2, 0) is 13.1 Å². The summed E-state index contributed by atoms with van der Waals surface area (Å²) >= 11 is 0. The van der Waals surface area contributed by atoms with E-state index in [-0.39, 0.29) is 0 Å². The number of nitrogens with zero attached hydrogens (tertiary/aromatic N) is 3. The first-order valence-electron chi connectivity index (χ1n) is 5.89. The number of hydrogen-bond donors (Lipinski definition) is 1. The van der Waals surface area contributed by atoms with Gasteiger partial charge in [0.05, 0.1) is 5.69 Å². The number of unbranched alkanes of at least 4 members (excludes halogenated alkanes) is 1. The van der Waals surface area contributed by atoms with Gasteiger partial charge in [0.25, 0.3) is 0 Å². The molecule has 0 aliphatic rings. The lowest BCUT2D eigenvalue weighted by atomic mass is 9.99. The van der Waals surface area contributed by atoms with Crippen LogP contribution < -0.4 is 5.73 Å². The SMILES string of the molecule is CCCCC(CC)Cn1cc(CN)nn1. The van der Waals surface area contributed by atoms with E-state index in [2.05, 4.69) is 24.2 Å². The summed E-state index contributed by atoms with van der Waals surface area (Å²) in [7, 11) is 0. The Hall–Kier alpha value is -0.900. The van der Waals surface area contributed by atoms with Gasteiger partial charge in [-0.3, -0.25) is 4.68 Å². The summed E-state index contributed by atoms with van der Waals surface area (Å²) in [6.45, 7) is 5.92. The lowest BCUT2D eigenvalue weighted by molar-refractivity contribution is 0.368. The largest absolute Gasteiger partial charge is 0.325 e. The maximum absolute atomic E-state index is 5.49. The van der Waals surface area contributed by atoms with Crippen LogP contribution in [0.3, 0.4) is 0 Å². The molecule has 0 radical (unpaired) electrons. The van der Waals surface area contributed by atoms with Crippen molar-refractivity contribution in [1.82, 2.24) is 15.0 Å². The Balaban J connectivity index is 2.43. The van der Waals surface area contributed by atoms with E-state index in [9.17, 15) is 0 Å². The van der Waals surface area contributed by atoms with E-state index >= 15 is 0 Å². The van der Waals surface area contributed by atoms with Crippen LogP contribution in [0.25, 0.3) is 0 Å². The van der Waals surface area contributed by atoms with E-state index in [0.29, 0.717) is 6.54 Å². The molecule has 4 nitrogen and oxygen atoms in total. The van der Waals surface area contributed by atoms with E-state index in [1.165, 1.54) is 25.7 Å². The Morgan fingerprint density at radius 1 is 1.47 bits per heavy atom. The first-order valence-corrected chi connectivity index (χ1v) is 5.89. The van der Waals surface area contributed by atoms with Gasteiger partial charge in [-0.15, -0.1) is 5.10 Å². The molecule has 15 heavy (non-hydrogen) atoms. The van der Waals surface area contributed by atoms with Gasteiger partial charge >= 0.3 is 0 Å². The third-order valence-electron chi connectivity index (χ3n) is 2.78. The maximum atomic E-state index is 5.49. The van der Waals surface area contributed by atoms with Crippen LogP contribution in [0, 0.1) is 5.92 Å². The Morgan fingerprint density at radius 3 is 2.80 bits per heavy atom. The average molecular weight is 210 g/mol. The number of aromatic nitrogens is 3. The molecule has 0 aromatic carbocycles. The van der Waals surface area contributed by atoms with Gasteiger partial charge in [0.15, 0.2) is 0 Å². The normalized spacial score (nSPS) is 13.0. The molecule has 0 fully saturated rings. The highest BCUT2D eigenvalue weighted by atomic mass is 15.4. The number of rotatable bonds is 7. The molecule has 1 heterocycles. The van der Waals surface area contributed by atoms with Crippen molar-refractivity contribution < 1.29 is 0 Å². The molecule has 86 valence electrons. The van der Waals surface area contributed by atoms with E-state index in [4.69, 9.17) is 5.73 Å². The van der Waals surface area contributed by atoms with Gasteiger partial charge in [-0.1, -0.05) is 38.3 Å². The zero-order valence-electron chi connectivity index (χ0n) is 9.82. The quantitative estimate of drug-likeness (QED) is 0.748. The molecule has 2 N–H and O–H groups in total. The maximum Gasteiger partial charge on any atom is 0.0962 e. The fourth-order valence-corrected chi connectivity index (χ4v) is 1.70. The van der Waals surface area contributed by atoms with Crippen LogP contribution in [0.2, 0.25) is 0 Å². The molecule has 1 aromatic heterocycles. The van der Waals surface area contributed by atoms with Crippen LogP contribution >= 0.6 is 0 Å². The van der Waals surface area contributed by atoms with Crippen LogP contribution in [0.4, 0.5) is 0 Å². The minimum Gasteiger partial charge on any atom is -0.325 e. The van der Waals surface area contributed by atoms with Gasteiger partial charge in [-0.25, -0.2) is 0 Å². The Morgan fingerprint density at radius 2 is 2.27 bits per heavy atom. The van der Waals surface area contributed by atoms with Crippen molar-refractivity contribution in [2.45, 2.75) is 52.6 Å². The topological polar surface area (TPSA) is 56.7 Å². The number of nitrogens with two attached hydrogens (primary N) is 1. The smallest absolute Gasteiger partial charge is 0.0962 e. The monoisotopic (exact) mass is 210 g/mol. The van der Waals surface area contributed by atoms with Gasteiger partial charge in [0.1, 0.15) is 0 Å². The third-order valence-corrected chi connectivity index (χ3v) is 2.78. The summed E-state index contributed by atoms with van der Waals surface area (Å²) in [6.07, 6.45) is 7.01. The predicted octanol–water partition coefficient (Wildman–Crippen LogP) is 1.95. The Kier molecular flexibility index (Phi) is 5.32. The van der Waals surface area contributed by atoms with Crippen LogP contribution in [0.1, 0.15) is 45.2 Å². The van der Waals surface area contributed by atoms with E-state index in [0.717, 1.165) is 18.2 Å². The second-order valence-electron chi connectivity index (χ2n) is 4.05. The lowest BCUT2D eigenvalue weighted by Crippen LogP contribution is -2.10. The first-order chi connectivity index (χ1) is 7.30. The first kappa shape index (κ1) is 12.2. The second-order valence-corrected chi connectivity index (χ2v) is 4.05. The molecule has 1 atom stereocenters. The standard InChI is InChI=1S/C11H22N4/c1-3-5-6-10(4-2)8-15-9-11(7-12)13-14-15/h9-10H,3-8,12H2,1-2H3. The summed E-state index contributed by atoms with van der Waals surface area (Å²) in [5.41, 5.74) is 6.37. The molecule has 1 rings (SSSR count). The molecule has 0 aliphatic carbocycles. The van der Waals surface area contributed by atoms with Gasteiger partial charge in [0.2, 0.25) is 0 Å². The minimum atomic E-state index is 0.478. The summed E-state index contributed by atoms with van der Waals surface area (Å²) in [4.78, 5) is 0. The molecule has 4 heteroatoms. The van der Waals surface area contributed by atoms with Gasteiger partial charge in [-0.2, -0.15) is 0 Å². The van der Waals surface area contributed by atoms with Gasteiger partial charge in [0, 0.05) is 19.3 Å². The molecule has 0 aliphatic heterocycles. The summed E-state index contributed by atoms with van der Waals surface area (Å²) in [5, 5.41) is 8.06. The fraction of sp³-hybridized carbons (Fsp3) is 0.818. The molecule has 1 aromatic rings. The zero-order valence-corrected chi connectivity index (χ0v) is 9.82. The summed E-state index contributed by atoms with van der Waals surface area (Å²) in [6, 6.07) is 0. The van der Waals surface area contributed by atoms with E-state index in [1.54, 1.807) is 0 Å². The molecular weight excluding hydrogens is 188 g/mol. The zero-order chi connectivity index (χ0) is 11.1. The van der Waals surface area contributed by atoms with Crippen molar-refractivity contribution >= 4 is 0 Å². The fourth-order valence-electron chi connectivity index (χ4n) is 1.70. The van der Waals surface area contributed by atoms with Crippen LogP contribution in [-0.4, -0.2) is 15.0 Å². The van der Waals surface area contributed by atoms with Crippen molar-refractivity contribution in [3.8, 4) is 0 Å². The molecule has 0 amide bonds. The average Bonchev–Trinajstić information content (AvgIpc) is 2.71. The van der Waals surface area contributed by atoms with Crippen molar-refractivity contribution in [2.24, 2.45) is 11.7 Å². The van der Waals surface area contributed by atoms with Gasteiger partial charge in [-0.05, 0) is 12.3 Å². The van der Waals surface area contributed by atoms with E-state index < -0.39 is 0 Å². The van der Waals surface area contributed by atoms with Crippen LogP contribution in [0.15, 0.2) is 6.20 Å². The lowest BCUT2D eigenvalue weighted by Gasteiger charge is -2.13. The van der Waals surface area contributed by atoms with Crippen molar-refractivity contribution in [2.75, 3.05) is 0 Å². The van der Waals surface area contributed by atoms with E-state index in [1.807, 2.05) is 10.9 Å². The molecule has 0 spiro atoms. The Bertz CT molecular complexity index is 269. The summed E-state index contributed by atoms with van der Waals surface area (Å²) < 4.78 is 1.92. The highest BCUT2D eigenvalue weighted by molar-refractivity contribution is 4.90. The molecule has 1 unspecified atom stereocenters. The second kappa shape index (κ2) is 6.56. The molecule has 0 saturated heterocycles. The Labute approximate surface area is 91.9 Å². The highest BCUT2D eigenvalue weighted by Gasteiger charge is 2.08. The molecular formula is C11H22N4. The van der Waals surface area contributed by atoms with Crippen molar-refractivity contribution in [3.05, 3.63) is 11.9 Å². The minimum absolute atomic E-state index is 0.478. The highest BCUT2D eigenvalue weighted by Crippen LogP contribution is 2.14. The number of hydrogen-bond acceptors (Lipinski definition) is 3. The summed E-state index contributed by atoms with van der Waals surface area (Å²) in [5.74, 6) is 0.720. The van der Waals surface area contributed by atoms with Gasteiger partial charge < -0.3 is 5.73 Å². The molecule has 0 bridgehead atoms. The van der Waals surface area contributed by atoms with Crippen molar-refractivity contribution in [1.29, 1.82) is 0 Å². The third kappa shape index (κ3) is 4.00. The molecule has 0 saturated carbocycles. The predicted molar refractivity (Wildman–Crippen MR) is 61.2 cm³/mol. The van der Waals surface area contributed by atoms with Crippen molar-refractivity contribution in [3.63, 3.8) is 0 Å².